The van der Waals surface area contributed by atoms with Crippen LogP contribution in [0.2, 0.25) is 5.02 Å². The summed E-state index contributed by atoms with van der Waals surface area (Å²) in [6, 6.07) is 6.67. The van der Waals surface area contributed by atoms with Gasteiger partial charge in [-0.15, -0.1) is 0 Å². The second-order valence-corrected chi connectivity index (χ2v) is 6.62. The lowest BCUT2D eigenvalue weighted by Gasteiger charge is -2.38. The third-order valence-corrected chi connectivity index (χ3v) is 4.29. The molecule has 0 aliphatic carbocycles. The Morgan fingerprint density at radius 1 is 1.38 bits per heavy atom. The summed E-state index contributed by atoms with van der Waals surface area (Å²) in [5, 5.41) is 3.51. The largest absolute Gasteiger partial charge is 0.356 e. The Hall–Kier alpha value is -1.63. The van der Waals surface area contributed by atoms with E-state index in [9.17, 15) is 9.59 Å². The van der Waals surface area contributed by atoms with E-state index in [-0.39, 0.29) is 18.4 Å². The maximum absolute atomic E-state index is 12.5. The van der Waals surface area contributed by atoms with Gasteiger partial charge < -0.3 is 19.9 Å². The molecule has 1 saturated heterocycles. The van der Waals surface area contributed by atoms with Gasteiger partial charge in [-0.1, -0.05) is 23.7 Å². The topological polar surface area (TPSA) is 61.9 Å². The molecule has 1 aliphatic rings. The van der Waals surface area contributed by atoms with Gasteiger partial charge in [0.05, 0.1) is 6.04 Å². The summed E-state index contributed by atoms with van der Waals surface area (Å²) in [5.41, 5.74) is 0.823. The van der Waals surface area contributed by atoms with Crippen molar-refractivity contribution >= 4 is 23.4 Å². The highest BCUT2D eigenvalue weighted by Gasteiger charge is 2.39. The van der Waals surface area contributed by atoms with Crippen LogP contribution in [0.25, 0.3) is 0 Å². The third-order valence-electron chi connectivity index (χ3n) is 4.04. The number of rotatable bonds is 6. The minimum atomic E-state index is -0.728. The molecule has 2 atom stereocenters. The van der Waals surface area contributed by atoms with Gasteiger partial charge in [0.15, 0.2) is 6.10 Å². The fourth-order valence-electron chi connectivity index (χ4n) is 2.70. The van der Waals surface area contributed by atoms with Crippen LogP contribution in [0.15, 0.2) is 24.3 Å². The molecule has 1 aromatic rings. The summed E-state index contributed by atoms with van der Waals surface area (Å²) in [6.45, 7) is 1.38. The number of hydrogen-bond donors (Lipinski definition) is 1. The number of likely N-dealkylation sites (N-methyl/N-ethyl adjacent to an activating group) is 1. The first kappa shape index (κ1) is 18.7. The van der Waals surface area contributed by atoms with Crippen molar-refractivity contribution in [1.82, 2.24) is 15.1 Å². The normalized spacial score (nSPS) is 21.2. The summed E-state index contributed by atoms with van der Waals surface area (Å²) in [4.78, 5) is 28.1. The van der Waals surface area contributed by atoms with Crippen molar-refractivity contribution in [3.05, 3.63) is 34.9 Å². The monoisotopic (exact) mass is 353 g/mol. The second-order valence-electron chi connectivity index (χ2n) is 6.18. The van der Waals surface area contributed by atoms with Crippen LogP contribution in [0.4, 0.5) is 0 Å². The van der Waals surface area contributed by atoms with E-state index < -0.39 is 12.1 Å². The van der Waals surface area contributed by atoms with E-state index >= 15 is 0 Å². The molecule has 2 rings (SSSR count). The molecule has 0 saturated carbocycles. The first-order chi connectivity index (χ1) is 11.4. The smallest absolute Gasteiger partial charge is 0.251 e. The number of benzene rings is 1. The van der Waals surface area contributed by atoms with Crippen LogP contribution < -0.4 is 5.32 Å². The molecule has 1 N–H and O–H groups in total. The number of hydrogen-bond acceptors (Lipinski definition) is 4. The van der Waals surface area contributed by atoms with Gasteiger partial charge in [0.2, 0.25) is 5.91 Å². The molecule has 6 nitrogen and oxygen atoms in total. The second kappa shape index (κ2) is 8.46. The van der Waals surface area contributed by atoms with Gasteiger partial charge in [-0.25, -0.2) is 0 Å². The SMILES string of the molecule is CN(C)CCCNC(=O)C1OCC(=O)N(C)C1c1ccc(Cl)cc1. The highest BCUT2D eigenvalue weighted by molar-refractivity contribution is 6.30. The van der Waals surface area contributed by atoms with Gasteiger partial charge in [0.1, 0.15) is 6.61 Å². The van der Waals surface area contributed by atoms with E-state index in [4.69, 9.17) is 16.3 Å². The summed E-state index contributed by atoms with van der Waals surface area (Å²) in [7, 11) is 5.67. The molecular weight excluding hydrogens is 330 g/mol. The Bertz CT molecular complexity index is 577. The summed E-state index contributed by atoms with van der Waals surface area (Å²) in [6.07, 6.45) is 0.125. The van der Waals surface area contributed by atoms with Gasteiger partial charge in [0.25, 0.3) is 5.91 Å². The standard InChI is InChI=1S/C17H24ClN3O3/c1-20(2)10-4-9-19-17(23)16-15(21(3)14(22)11-24-16)12-5-7-13(18)8-6-12/h5-8,15-16H,4,9-11H2,1-3H3,(H,19,23). The maximum Gasteiger partial charge on any atom is 0.251 e. The van der Waals surface area contributed by atoms with Crippen molar-refractivity contribution in [2.45, 2.75) is 18.6 Å². The van der Waals surface area contributed by atoms with Gasteiger partial charge in [-0.05, 0) is 44.8 Å². The highest BCUT2D eigenvalue weighted by Crippen LogP contribution is 2.30. The Kier molecular flexibility index (Phi) is 6.60. The molecule has 7 heteroatoms. The predicted octanol–water partition coefficient (Wildman–Crippen LogP) is 1.31. The van der Waals surface area contributed by atoms with Crippen LogP contribution in [0, 0.1) is 0 Å². The Morgan fingerprint density at radius 3 is 2.67 bits per heavy atom. The molecule has 0 bridgehead atoms. The van der Waals surface area contributed by atoms with Crippen molar-refractivity contribution in [2.24, 2.45) is 0 Å². The molecule has 2 amide bonds. The van der Waals surface area contributed by atoms with Crippen LogP contribution in [0.3, 0.4) is 0 Å². The molecule has 1 aliphatic heterocycles. The van der Waals surface area contributed by atoms with Crippen LogP contribution in [-0.2, 0) is 14.3 Å². The minimum absolute atomic E-state index is 0.0869. The molecule has 24 heavy (non-hydrogen) atoms. The summed E-state index contributed by atoms with van der Waals surface area (Å²) < 4.78 is 5.55. The van der Waals surface area contributed by atoms with Gasteiger partial charge in [-0.3, -0.25) is 9.59 Å². The number of ether oxygens (including phenoxy) is 1. The molecule has 1 fully saturated rings. The van der Waals surface area contributed by atoms with Gasteiger partial charge in [-0.2, -0.15) is 0 Å². The molecule has 0 radical (unpaired) electrons. The zero-order valence-electron chi connectivity index (χ0n) is 14.3. The van der Waals surface area contributed by atoms with Gasteiger partial charge in [0, 0.05) is 18.6 Å². The van der Waals surface area contributed by atoms with Crippen molar-refractivity contribution in [1.29, 1.82) is 0 Å². The van der Waals surface area contributed by atoms with Crippen molar-refractivity contribution in [3.63, 3.8) is 0 Å². The van der Waals surface area contributed by atoms with E-state index in [0.717, 1.165) is 18.5 Å². The maximum atomic E-state index is 12.5. The Balaban J connectivity index is 2.08. The van der Waals surface area contributed by atoms with Crippen molar-refractivity contribution < 1.29 is 14.3 Å². The van der Waals surface area contributed by atoms with Crippen molar-refractivity contribution in [2.75, 3.05) is 40.8 Å². The molecular formula is C17H24ClN3O3. The number of nitrogens with one attached hydrogen (secondary N) is 1. The Morgan fingerprint density at radius 2 is 2.04 bits per heavy atom. The number of halogens is 1. The lowest BCUT2D eigenvalue weighted by atomic mass is 9.97. The van der Waals surface area contributed by atoms with E-state index in [0.29, 0.717) is 11.6 Å². The first-order valence-corrected chi connectivity index (χ1v) is 8.33. The molecule has 2 unspecified atom stereocenters. The zero-order valence-corrected chi connectivity index (χ0v) is 15.0. The molecule has 132 valence electrons. The fraction of sp³-hybridized carbons (Fsp3) is 0.529. The summed E-state index contributed by atoms with van der Waals surface area (Å²) in [5.74, 6) is -0.348. The lowest BCUT2D eigenvalue weighted by molar-refractivity contribution is -0.162. The predicted molar refractivity (Wildman–Crippen MR) is 92.9 cm³/mol. The van der Waals surface area contributed by atoms with Crippen LogP contribution in [-0.4, -0.2) is 68.6 Å². The fourth-order valence-corrected chi connectivity index (χ4v) is 2.82. The van der Waals surface area contributed by atoms with Gasteiger partial charge >= 0.3 is 0 Å². The van der Waals surface area contributed by atoms with E-state index in [2.05, 4.69) is 10.2 Å². The number of nitrogens with zero attached hydrogens (tertiary/aromatic N) is 2. The minimum Gasteiger partial charge on any atom is -0.356 e. The highest BCUT2D eigenvalue weighted by atomic mass is 35.5. The number of carbonyl (C=O) groups excluding carboxylic acids is 2. The molecule has 0 spiro atoms. The molecule has 0 aromatic heterocycles. The van der Waals surface area contributed by atoms with Crippen LogP contribution in [0.1, 0.15) is 18.0 Å². The number of amides is 2. The average molecular weight is 354 g/mol. The Labute approximate surface area is 147 Å². The van der Waals surface area contributed by atoms with E-state index in [1.54, 1.807) is 24.1 Å². The zero-order chi connectivity index (χ0) is 17.7. The first-order valence-electron chi connectivity index (χ1n) is 7.95. The summed E-state index contributed by atoms with van der Waals surface area (Å²) >= 11 is 5.93. The third kappa shape index (κ3) is 4.69. The van der Waals surface area contributed by atoms with Crippen LogP contribution in [0.5, 0.6) is 0 Å². The number of morpholine rings is 1. The van der Waals surface area contributed by atoms with E-state index in [1.165, 1.54) is 0 Å². The quantitative estimate of drug-likeness (QED) is 0.783. The lowest BCUT2D eigenvalue weighted by Crippen LogP contribution is -2.53. The number of carbonyl (C=O) groups is 2. The van der Waals surface area contributed by atoms with Crippen LogP contribution >= 0.6 is 11.6 Å². The van der Waals surface area contributed by atoms with Crippen molar-refractivity contribution in [3.8, 4) is 0 Å². The molecule has 1 heterocycles. The average Bonchev–Trinajstić information content (AvgIpc) is 2.54. The molecule has 1 aromatic carbocycles. The van der Waals surface area contributed by atoms with E-state index in [1.807, 2.05) is 26.2 Å².